The molecule has 0 saturated carbocycles. The van der Waals surface area contributed by atoms with Gasteiger partial charge in [-0.2, -0.15) is 11.8 Å². The molecule has 0 aliphatic carbocycles. The Bertz CT molecular complexity index is 197. The van der Waals surface area contributed by atoms with Gasteiger partial charge in [-0.25, -0.2) is 5.84 Å². The van der Waals surface area contributed by atoms with E-state index in [1.165, 1.54) is 0 Å². The third kappa shape index (κ3) is 7.47. The first-order chi connectivity index (χ1) is 7.05. The summed E-state index contributed by atoms with van der Waals surface area (Å²) in [4.78, 5) is 4.35. The minimum atomic E-state index is 0.130. The van der Waals surface area contributed by atoms with Crippen LogP contribution in [0.25, 0.3) is 0 Å². The molecule has 0 unspecified atom stereocenters. The average Bonchev–Trinajstić information content (AvgIpc) is 2.23. The fourth-order valence-corrected chi connectivity index (χ4v) is 0.952. The summed E-state index contributed by atoms with van der Waals surface area (Å²) < 4.78 is 5.04. The molecule has 0 saturated heterocycles. The highest BCUT2D eigenvalue weighted by Gasteiger charge is 2.15. The zero-order chi connectivity index (χ0) is 11.7. The number of hydrogen-bond donors (Lipinski definition) is 3. The first-order valence-electron chi connectivity index (χ1n) is 4.84. The maximum absolute atomic E-state index is 5.33. The lowest BCUT2D eigenvalue weighted by Crippen LogP contribution is -2.43. The number of nitrogens with one attached hydrogen (secondary N) is 2. The van der Waals surface area contributed by atoms with Crippen molar-refractivity contribution in [1.82, 2.24) is 10.7 Å². The highest BCUT2D eigenvalue weighted by atomic mass is 32.2. The molecule has 0 aromatic rings. The monoisotopic (exact) mass is 234 g/mol. The van der Waals surface area contributed by atoms with Crippen molar-refractivity contribution < 1.29 is 4.74 Å². The predicted molar refractivity (Wildman–Crippen MR) is 67.1 cm³/mol. The number of ether oxygens (including phenoxy) is 1. The van der Waals surface area contributed by atoms with Crippen molar-refractivity contribution >= 4 is 17.7 Å². The second kappa shape index (κ2) is 7.78. The van der Waals surface area contributed by atoms with E-state index in [2.05, 4.69) is 35.8 Å². The summed E-state index contributed by atoms with van der Waals surface area (Å²) in [7, 11) is 1.66. The number of nitrogens with zero attached hydrogens (tertiary/aromatic N) is 1. The minimum Gasteiger partial charge on any atom is -0.383 e. The van der Waals surface area contributed by atoms with Gasteiger partial charge in [0.15, 0.2) is 0 Å². The molecule has 0 aromatic heterocycles. The van der Waals surface area contributed by atoms with Crippen molar-refractivity contribution in [2.45, 2.75) is 18.6 Å². The Morgan fingerprint density at radius 1 is 1.53 bits per heavy atom. The van der Waals surface area contributed by atoms with Crippen molar-refractivity contribution in [3.05, 3.63) is 0 Å². The van der Waals surface area contributed by atoms with E-state index in [0.717, 1.165) is 0 Å². The minimum absolute atomic E-state index is 0.130. The Hall–Kier alpha value is -0.460. The van der Waals surface area contributed by atoms with Gasteiger partial charge < -0.3 is 10.1 Å². The number of aliphatic imine (C=N–C) groups is 1. The topological polar surface area (TPSA) is 71.7 Å². The highest BCUT2D eigenvalue weighted by molar-refractivity contribution is 7.99. The van der Waals surface area contributed by atoms with Gasteiger partial charge in [0.25, 0.3) is 0 Å². The maximum Gasteiger partial charge on any atom is 0.205 e. The first-order valence-corrected chi connectivity index (χ1v) is 6.07. The quantitative estimate of drug-likeness (QED) is 0.201. The van der Waals surface area contributed by atoms with Crippen LogP contribution < -0.4 is 16.6 Å². The molecule has 0 atom stereocenters. The number of guanidine groups is 1. The van der Waals surface area contributed by atoms with Crippen LogP contribution >= 0.6 is 11.8 Å². The van der Waals surface area contributed by atoms with Gasteiger partial charge >= 0.3 is 0 Å². The van der Waals surface area contributed by atoms with Gasteiger partial charge in [0.2, 0.25) is 5.96 Å². The number of nitrogens with two attached hydrogens (primary N) is 1. The van der Waals surface area contributed by atoms with Crippen LogP contribution in [0, 0.1) is 0 Å². The van der Waals surface area contributed by atoms with E-state index in [1.54, 1.807) is 18.9 Å². The lowest BCUT2D eigenvalue weighted by Gasteiger charge is -2.19. The summed E-state index contributed by atoms with van der Waals surface area (Å²) in [5.74, 6) is 5.94. The lowest BCUT2D eigenvalue weighted by molar-refractivity contribution is 0.203. The molecule has 4 N–H and O–H groups in total. The largest absolute Gasteiger partial charge is 0.383 e. The van der Waals surface area contributed by atoms with E-state index < -0.39 is 0 Å². The van der Waals surface area contributed by atoms with Gasteiger partial charge in [0, 0.05) is 18.4 Å². The summed E-state index contributed by atoms with van der Waals surface area (Å²) >= 11 is 1.78. The molecule has 15 heavy (non-hydrogen) atoms. The van der Waals surface area contributed by atoms with Crippen molar-refractivity contribution in [3.8, 4) is 0 Å². The van der Waals surface area contributed by atoms with Crippen LogP contribution in [0.4, 0.5) is 0 Å². The molecule has 6 heteroatoms. The summed E-state index contributed by atoms with van der Waals surface area (Å²) in [5, 5.41) is 3.05. The second-order valence-corrected chi connectivity index (χ2v) is 5.21. The fourth-order valence-electron chi connectivity index (χ4n) is 0.758. The first kappa shape index (κ1) is 14.5. The number of rotatable bonds is 6. The third-order valence-electron chi connectivity index (χ3n) is 1.91. The number of thioether (sulfide) groups is 1. The Balaban J connectivity index is 3.99. The van der Waals surface area contributed by atoms with Gasteiger partial charge in [-0.3, -0.25) is 10.4 Å². The molecular weight excluding hydrogens is 212 g/mol. The Morgan fingerprint density at radius 2 is 2.20 bits per heavy atom. The van der Waals surface area contributed by atoms with Gasteiger partial charge in [-0.1, -0.05) is 0 Å². The van der Waals surface area contributed by atoms with E-state index in [0.29, 0.717) is 25.7 Å². The lowest BCUT2D eigenvalue weighted by atomic mass is 10.2. The van der Waals surface area contributed by atoms with Crippen LogP contribution in [0.5, 0.6) is 0 Å². The van der Waals surface area contributed by atoms with Gasteiger partial charge in [0.1, 0.15) is 0 Å². The van der Waals surface area contributed by atoms with Crippen LogP contribution in [0.2, 0.25) is 0 Å². The van der Waals surface area contributed by atoms with E-state index in [-0.39, 0.29) is 4.75 Å². The van der Waals surface area contributed by atoms with Crippen LogP contribution in [0.15, 0.2) is 4.99 Å². The zero-order valence-electron chi connectivity index (χ0n) is 9.96. The highest BCUT2D eigenvalue weighted by Crippen LogP contribution is 2.20. The van der Waals surface area contributed by atoms with Crippen LogP contribution in [-0.4, -0.2) is 43.8 Å². The molecule has 0 amide bonds. The van der Waals surface area contributed by atoms with Crippen molar-refractivity contribution in [1.29, 1.82) is 0 Å². The fraction of sp³-hybridized carbons (Fsp3) is 0.889. The summed E-state index contributed by atoms with van der Waals surface area (Å²) in [6.45, 7) is 6.33. The van der Waals surface area contributed by atoms with E-state index in [4.69, 9.17) is 10.6 Å². The molecule has 90 valence electrons. The van der Waals surface area contributed by atoms with Crippen molar-refractivity contribution in [2.75, 3.05) is 33.1 Å². The number of hydrazine groups is 1. The van der Waals surface area contributed by atoms with Crippen LogP contribution in [0.1, 0.15) is 13.8 Å². The molecular formula is C9H22N4OS. The SMILES string of the molecule is COCCNC(=NCC(C)(C)SC)NN. The third-order valence-corrected chi connectivity index (χ3v) is 3.14. The molecule has 0 aromatic carbocycles. The molecule has 0 aliphatic heterocycles. The van der Waals surface area contributed by atoms with E-state index in [9.17, 15) is 0 Å². The van der Waals surface area contributed by atoms with E-state index in [1.807, 2.05) is 0 Å². The molecule has 0 radical (unpaired) electrons. The number of hydrogen-bond acceptors (Lipinski definition) is 4. The summed E-state index contributed by atoms with van der Waals surface area (Å²) in [6.07, 6.45) is 2.07. The summed E-state index contributed by atoms with van der Waals surface area (Å²) in [5.41, 5.74) is 2.53. The van der Waals surface area contributed by atoms with E-state index >= 15 is 0 Å². The Morgan fingerprint density at radius 3 is 2.67 bits per heavy atom. The predicted octanol–water partition coefficient (Wildman–Crippen LogP) is 0.183. The normalized spacial score (nSPS) is 12.7. The average molecular weight is 234 g/mol. The molecule has 0 heterocycles. The Kier molecular flexibility index (Phi) is 7.54. The van der Waals surface area contributed by atoms with Crippen LogP contribution in [0.3, 0.4) is 0 Å². The van der Waals surface area contributed by atoms with Crippen molar-refractivity contribution in [2.24, 2.45) is 10.8 Å². The second-order valence-electron chi connectivity index (χ2n) is 3.69. The van der Waals surface area contributed by atoms with Gasteiger partial charge in [-0.15, -0.1) is 0 Å². The van der Waals surface area contributed by atoms with Crippen molar-refractivity contribution in [3.63, 3.8) is 0 Å². The molecule has 0 rings (SSSR count). The summed E-state index contributed by atoms with van der Waals surface area (Å²) in [6, 6.07) is 0. The maximum atomic E-state index is 5.33. The zero-order valence-corrected chi connectivity index (χ0v) is 10.8. The molecule has 0 spiro atoms. The Labute approximate surface area is 96.2 Å². The molecule has 0 bridgehead atoms. The van der Waals surface area contributed by atoms with Gasteiger partial charge in [-0.05, 0) is 20.1 Å². The van der Waals surface area contributed by atoms with Gasteiger partial charge in [0.05, 0.1) is 13.2 Å². The number of methoxy groups -OCH3 is 1. The molecule has 0 fully saturated rings. The van der Waals surface area contributed by atoms with Crippen LogP contribution in [-0.2, 0) is 4.74 Å². The smallest absolute Gasteiger partial charge is 0.205 e. The molecule has 5 nitrogen and oxygen atoms in total. The standard InChI is InChI=1S/C9H22N4OS/c1-9(2,15-4)7-12-8(13-10)11-5-6-14-3/h5-7,10H2,1-4H3,(H2,11,12,13). The molecule has 0 aliphatic rings.